The van der Waals surface area contributed by atoms with Crippen LogP contribution in [0, 0.1) is 0 Å². The Bertz CT molecular complexity index is 553. The van der Waals surface area contributed by atoms with Crippen LogP contribution in [0.5, 0.6) is 5.75 Å². The van der Waals surface area contributed by atoms with Gasteiger partial charge in [0.25, 0.3) is 5.91 Å². The third-order valence-corrected chi connectivity index (χ3v) is 3.81. The third kappa shape index (κ3) is 3.20. The first kappa shape index (κ1) is 15.8. The van der Waals surface area contributed by atoms with E-state index < -0.39 is 18.3 Å². The van der Waals surface area contributed by atoms with Crippen LogP contribution in [0.3, 0.4) is 0 Å². The summed E-state index contributed by atoms with van der Waals surface area (Å²) in [6.45, 7) is 6.49. The number of hydrogen-bond donors (Lipinski definition) is 3. The summed E-state index contributed by atoms with van der Waals surface area (Å²) in [4.78, 5) is 11.3. The van der Waals surface area contributed by atoms with E-state index in [0.717, 1.165) is 0 Å². The van der Waals surface area contributed by atoms with Gasteiger partial charge in [-0.15, -0.1) is 0 Å². The van der Waals surface area contributed by atoms with Crippen molar-refractivity contribution >= 4 is 24.2 Å². The molecule has 0 radical (unpaired) electrons. The van der Waals surface area contributed by atoms with Gasteiger partial charge < -0.3 is 24.8 Å². The highest BCUT2D eigenvalue weighted by Crippen LogP contribution is 2.28. The highest BCUT2D eigenvalue weighted by atomic mass is 16.6. The molecule has 1 aliphatic heterocycles. The molecule has 3 N–H and O–H groups in total. The summed E-state index contributed by atoms with van der Waals surface area (Å²) < 4.78 is 11.0. The quantitative estimate of drug-likeness (QED) is 0.694. The zero-order valence-corrected chi connectivity index (χ0v) is 12.6. The van der Waals surface area contributed by atoms with Gasteiger partial charge in [-0.05, 0) is 33.8 Å². The van der Waals surface area contributed by atoms with Crippen LogP contribution in [0.4, 0.5) is 5.69 Å². The molecule has 21 heavy (non-hydrogen) atoms. The molecule has 0 saturated carbocycles. The number of anilines is 1. The molecule has 1 heterocycles. The molecule has 0 saturated heterocycles. The number of nitrogens with one attached hydrogen (secondary N) is 1. The minimum absolute atomic E-state index is 0.106. The molecule has 1 aromatic carbocycles. The highest BCUT2D eigenvalue weighted by Gasteiger charge is 2.40. The summed E-state index contributed by atoms with van der Waals surface area (Å²) in [6.07, 6.45) is 0. The van der Waals surface area contributed by atoms with E-state index in [-0.39, 0.29) is 12.5 Å². The first-order valence-electron chi connectivity index (χ1n) is 6.75. The zero-order valence-electron chi connectivity index (χ0n) is 12.6. The summed E-state index contributed by atoms with van der Waals surface area (Å²) in [5.74, 6) is 0.142. The maximum absolute atomic E-state index is 11.3. The van der Waals surface area contributed by atoms with Crippen LogP contribution in [0.1, 0.15) is 27.7 Å². The number of carbonyl (C=O) groups excluding carboxylic acids is 1. The van der Waals surface area contributed by atoms with E-state index in [1.54, 1.807) is 45.9 Å². The molecule has 2 rings (SSSR count). The maximum atomic E-state index is 11.3. The Morgan fingerprint density at radius 3 is 2.62 bits per heavy atom. The van der Waals surface area contributed by atoms with Crippen LogP contribution in [0.25, 0.3) is 0 Å². The van der Waals surface area contributed by atoms with Crippen molar-refractivity contribution in [1.82, 2.24) is 0 Å². The van der Waals surface area contributed by atoms with E-state index in [0.29, 0.717) is 16.9 Å². The number of aliphatic hydroxyl groups is 1. The molecule has 0 unspecified atom stereocenters. The van der Waals surface area contributed by atoms with Gasteiger partial charge in [0.15, 0.2) is 6.61 Å². The lowest BCUT2D eigenvalue weighted by Crippen LogP contribution is -2.53. The van der Waals surface area contributed by atoms with Crippen molar-refractivity contribution < 1.29 is 24.3 Å². The van der Waals surface area contributed by atoms with Crippen molar-refractivity contribution in [3.63, 3.8) is 0 Å². The van der Waals surface area contributed by atoms with Crippen molar-refractivity contribution in [2.24, 2.45) is 0 Å². The number of fused-ring (bicyclic) bond motifs is 1. The van der Waals surface area contributed by atoms with Gasteiger partial charge in [-0.1, -0.05) is 12.1 Å². The van der Waals surface area contributed by atoms with E-state index in [4.69, 9.17) is 9.39 Å². The molecule has 0 aliphatic carbocycles. The smallest absolute Gasteiger partial charge is 0.482 e. The summed E-state index contributed by atoms with van der Waals surface area (Å²) in [6, 6.07) is 5.03. The lowest BCUT2D eigenvalue weighted by Gasteiger charge is -2.38. The van der Waals surface area contributed by atoms with Gasteiger partial charge in [-0.3, -0.25) is 4.79 Å². The SMILES string of the molecule is CC(C)(O)C(C)(C)OB(O)c1cccc2c1OCC(=O)N2. The predicted molar refractivity (Wildman–Crippen MR) is 79.6 cm³/mol. The molecular formula is C14H20BNO5. The van der Waals surface area contributed by atoms with Crippen molar-refractivity contribution in [2.45, 2.75) is 38.9 Å². The minimum Gasteiger partial charge on any atom is -0.482 e. The van der Waals surface area contributed by atoms with Crippen LogP contribution in [-0.4, -0.2) is 41.0 Å². The van der Waals surface area contributed by atoms with Gasteiger partial charge in [0.1, 0.15) is 5.75 Å². The van der Waals surface area contributed by atoms with Gasteiger partial charge in [-0.2, -0.15) is 0 Å². The fraction of sp³-hybridized carbons (Fsp3) is 0.500. The van der Waals surface area contributed by atoms with Crippen molar-refractivity contribution in [3.8, 4) is 5.75 Å². The summed E-state index contributed by atoms with van der Waals surface area (Å²) >= 11 is 0. The first-order valence-corrected chi connectivity index (χ1v) is 6.75. The Hall–Kier alpha value is -1.57. The predicted octanol–water partition coefficient (Wildman–Crippen LogP) is 0.271. The lowest BCUT2D eigenvalue weighted by molar-refractivity contribution is -0.118. The third-order valence-electron chi connectivity index (χ3n) is 3.81. The van der Waals surface area contributed by atoms with Crippen molar-refractivity contribution in [3.05, 3.63) is 18.2 Å². The lowest BCUT2D eigenvalue weighted by atomic mass is 9.75. The number of para-hydroxylation sites is 1. The summed E-state index contributed by atoms with van der Waals surface area (Å²) in [5.41, 5.74) is -1.22. The Labute approximate surface area is 124 Å². The van der Waals surface area contributed by atoms with Crippen LogP contribution in [-0.2, 0) is 9.45 Å². The molecule has 1 amide bonds. The highest BCUT2D eigenvalue weighted by molar-refractivity contribution is 6.61. The molecule has 0 fully saturated rings. The van der Waals surface area contributed by atoms with E-state index >= 15 is 0 Å². The van der Waals surface area contributed by atoms with E-state index in [1.165, 1.54) is 0 Å². The van der Waals surface area contributed by atoms with Gasteiger partial charge in [0.2, 0.25) is 0 Å². The Kier molecular flexibility index (Phi) is 4.01. The Balaban J connectivity index is 2.27. The number of ether oxygens (including phenoxy) is 1. The van der Waals surface area contributed by atoms with Crippen LogP contribution in [0.2, 0.25) is 0 Å². The average molecular weight is 293 g/mol. The van der Waals surface area contributed by atoms with E-state index in [9.17, 15) is 14.9 Å². The Morgan fingerprint density at radius 1 is 1.33 bits per heavy atom. The molecule has 0 bridgehead atoms. The first-order chi connectivity index (χ1) is 9.62. The van der Waals surface area contributed by atoms with Gasteiger partial charge >= 0.3 is 7.12 Å². The molecule has 0 aromatic heterocycles. The van der Waals surface area contributed by atoms with Gasteiger partial charge in [0, 0.05) is 5.46 Å². The fourth-order valence-electron chi connectivity index (χ4n) is 1.82. The van der Waals surface area contributed by atoms with E-state index in [1.807, 2.05) is 0 Å². The molecule has 0 atom stereocenters. The monoisotopic (exact) mass is 293 g/mol. The number of benzene rings is 1. The topological polar surface area (TPSA) is 88.0 Å². The van der Waals surface area contributed by atoms with Crippen LogP contribution < -0.4 is 15.5 Å². The molecule has 6 nitrogen and oxygen atoms in total. The second-order valence-corrected chi connectivity index (χ2v) is 6.10. The molecule has 1 aliphatic rings. The molecule has 114 valence electrons. The molecule has 1 aromatic rings. The van der Waals surface area contributed by atoms with Crippen molar-refractivity contribution in [2.75, 3.05) is 11.9 Å². The minimum atomic E-state index is -1.28. The van der Waals surface area contributed by atoms with Gasteiger partial charge in [-0.25, -0.2) is 0 Å². The number of carbonyl (C=O) groups is 1. The molecule has 7 heteroatoms. The number of rotatable bonds is 4. The standard InChI is InChI=1S/C14H20BNO5/c1-13(2,18)14(3,4)21-15(19)9-6-5-7-10-12(9)20-8-11(17)16-10/h5-7,18-19H,8H2,1-4H3,(H,16,17). The number of hydrogen-bond acceptors (Lipinski definition) is 5. The van der Waals surface area contributed by atoms with Crippen LogP contribution >= 0.6 is 0 Å². The fourth-order valence-corrected chi connectivity index (χ4v) is 1.82. The molecular weight excluding hydrogens is 273 g/mol. The number of amides is 1. The summed E-state index contributed by atoms with van der Waals surface area (Å²) in [7, 11) is -1.28. The molecule has 0 spiro atoms. The summed E-state index contributed by atoms with van der Waals surface area (Å²) in [5, 5.41) is 23.1. The van der Waals surface area contributed by atoms with E-state index in [2.05, 4.69) is 5.32 Å². The van der Waals surface area contributed by atoms with Gasteiger partial charge in [0.05, 0.1) is 16.9 Å². The average Bonchev–Trinajstić information content (AvgIpc) is 2.35. The maximum Gasteiger partial charge on any atom is 0.495 e. The zero-order chi connectivity index (χ0) is 15.8. The normalized spacial score (nSPS) is 15.0. The second kappa shape index (κ2) is 5.33. The van der Waals surface area contributed by atoms with Crippen molar-refractivity contribution in [1.29, 1.82) is 0 Å². The van der Waals surface area contributed by atoms with Crippen LogP contribution in [0.15, 0.2) is 18.2 Å². The Morgan fingerprint density at radius 2 is 2.00 bits per heavy atom. The largest absolute Gasteiger partial charge is 0.495 e. The second-order valence-electron chi connectivity index (χ2n) is 6.10.